The molecule has 0 radical (unpaired) electrons. The van der Waals surface area contributed by atoms with E-state index in [0.717, 1.165) is 17.5 Å². The Kier molecular flexibility index (Phi) is 5.58. The first kappa shape index (κ1) is 20.2. The van der Waals surface area contributed by atoms with Gasteiger partial charge in [-0.1, -0.05) is 42.5 Å². The van der Waals surface area contributed by atoms with Gasteiger partial charge in [0.25, 0.3) is 5.91 Å². The van der Waals surface area contributed by atoms with E-state index in [0.29, 0.717) is 48.3 Å². The molecule has 2 aliphatic rings. The number of carbonyl (C=O) groups is 1. The van der Waals surface area contributed by atoms with Crippen LogP contribution in [0.25, 0.3) is 0 Å². The van der Waals surface area contributed by atoms with E-state index in [9.17, 15) is 4.79 Å². The standard InChI is InChI=1S/C26H25NO5/c1-18(19-7-3-2-4-8-19)27(16-21-9-5-10-23-25(21)32-17-31-23)26(28)20-11-12-22-24(15-20)30-14-6-13-29-22/h2-5,7-12,15,18H,6,13-14,16-17H2,1H3. The van der Waals surface area contributed by atoms with Crippen LogP contribution in [-0.2, 0) is 6.54 Å². The number of carbonyl (C=O) groups excluding carboxylic acids is 1. The van der Waals surface area contributed by atoms with Crippen molar-refractivity contribution in [1.82, 2.24) is 4.90 Å². The SMILES string of the molecule is CC(c1ccccc1)N(Cc1cccc2c1OCO2)C(=O)c1ccc2c(c1)OCCCO2. The summed E-state index contributed by atoms with van der Waals surface area (Å²) >= 11 is 0. The maximum Gasteiger partial charge on any atom is 0.254 e. The Morgan fingerprint density at radius 3 is 2.53 bits per heavy atom. The molecule has 0 fully saturated rings. The molecular formula is C26H25NO5. The minimum atomic E-state index is -0.155. The molecule has 2 aliphatic heterocycles. The fourth-order valence-electron chi connectivity index (χ4n) is 4.06. The number of benzene rings is 3. The highest BCUT2D eigenvalue weighted by Crippen LogP contribution is 2.38. The molecule has 0 N–H and O–H groups in total. The number of nitrogens with zero attached hydrogens (tertiary/aromatic N) is 1. The van der Waals surface area contributed by atoms with E-state index >= 15 is 0 Å². The second-order valence-electron chi connectivity index (χ2n) is 7.88. The Morgan fingerprint density at radius 1 is 0.875 bits per heavy atom. The summed E-state index contributed by atoms with van der Waals surface area (Å²) in [5.74, 6) is 2.60. The highest BCUT2D eigenvalue weighted by molar-refractivity contribution is 5.95. The zero-order chi connectivity index (χ0) is 21.9. The normalized spacial score (nSPS) is 15.0. The zero-order valence-electron chi connectivity index (χ0n) is 18.0. The molecule has 3 aromatic carbocycles. The highest BCUT2D eigenvalue weighted by Gasteiger charge is 2.27. The van der Waals surface area contributed by atoms with Crippen LogP contribution in [0.2, 0.25) is 0 Å². The summed E-state index contributed by atoms with van der Waals surface area (Å²) in [5, 5.41) is 0. The predicted molar refractivity (Wildman–Crippen MR) is 119 cm³/mol. The Labute approximate surface area is 187 Å². The van der Waals surface area contributed by atoms with Crippen molar-refractivity contribution in [2.24, 2.45) is 0 Å². The lowest BCUT2D eigenvalue weighted by atomic mass is 10.0. The van der Waals surface area contributed by atoms with Crippen molar-refractivity contribution in [2.75, 3.05) is 20.0 Å². The van der Waals surface area contributed by atoms with Crippen LogP contribution >= 0.6 is 0 Å². The molecule has 0 bridgehead atoms. The fraction of sp³-hybridized carbons (Fsp3) is 0.269. The molecule has 32 heavy (non-hydrogen) atoms. The number of para-hydroxylation sites is 1. The van der Waals surface area contributed by atoms with Gasteiger partial charge < -0.3 is 23.8 Å². The molecular weight excluding hydrogens is 406 g/mol. The molecule has 5 rings (SSSR count). The van der Waals surface area contributed by atoms with E-state index in [1.165, 1.54) is 0 Å². The summed E-state index contributed by atoms with van der Waals surface area (Å²) in [5.41, 5.74) is 2.52. The van der Waals surface area contributed by atoms with Gasteiger partial charge in [0.05, 0.1) is 25.8 Å². The number of amides is 1. The summed E-state index contributed by atoms with van der Waals surface area (Å²) in [4.78, 5) is 15.6. The van der Waals surface area contributed by atoms with E-state index in [-0.39, 0.29) is 18.7 Å². The van der Waals surface area contributed by atoms with Crippen LogP contribution in [0.3, 0.4) is 0 Å². The fourth-order valence-corrected chi connectivity index (χ4v) is 4.06. The van der Waals surface area contributed by atoms with Gasteiger partial charge in [0.2, 0.25) is 6.79 Å². The topological polar surface area (TPSA) is 57.2 Å². The molecule has 6 nitrogen and oxygen atoms in total. The van der Waals surface area contributed by atoms with Gasteiger partial charge >= 0.3 is 0 Å². The van der Waals surface area contributed by atoms with Gasteiger partial charge in [-0.25, -0.2) is 0 Å². The van der Waals surface area contributed by atoms with E-state index in [1.54, 1.807) is 12.1 Å². The molecule has 0 spiro atoms. The molecule has 2 heterocycles. The second kappa shape index (κ2) is 8.83. The summed E-state index contributed by atoms with van der Waals surface area (Å²) in [7, 11) is 0. The van der Waals surface area contributed by atoms with Gasteiger partial charge in [-0.3, -0.25) is 4.79 Å². The lowest BCUT2D eigenvalue weighted by Gasteiger charge is -2.30. The first-order chi connectivity index (χ1) is 15.7. The minimum absolute atomic E-state index is 0.0893. The number of ether oxygens (including phenoxy) is 4. The van der Waals surface area contributed by atoms with Crippen LogP contribution in [0.5, 0.6) is 23.0 Å². The van der Waals surface area contributed by atoms with E-state index < -0.39 is 0 Å². The Bertz CT molecular complexity index is 1110. The molecule has 1 atom stereocenters. The largest absolute Gasteiger partial charge is 0.490 e. The van der Waals surface area contributed by atoms with Gasteiger partial charge in [-0.15, -0.1) is 0 Å². The van der Waals surface area contributed by atoms with Gasteiger partial charge in [-0.2, -0.15) is 0 Å². The molecule has 3 aromatic rings. The first-order valence-electron chi connectivity index (χ1n) is 10.8. The quantitative estimate of drug-likeness (QED) is 0.570. The molecule has 6 heteroatoms. The van der Waals surface area contributed by atoms with Crippen LogP contribution in [0.1, 0.15) is 40.9 Å². The number of fused-ring (bicyclic) bond motifs is 2. The van der Waals surface area contributed by atoms with Crippen molar-refractivity contribution in [3.8, 4) is 23.0 Å². The van der Waals surface area contributed by atoms with Gasteiger partial charge in [0, 0.05) is 17.5 Å². The Balaban J connectivity index is 1.50. The average molecular weight is 431 g/mol. The monoisotopic (exact) mass is 431 g/mol. The van der Waals surface area contributed by atoms with E-state index in [2.05, 4.69) is 0 Å². The van der Waals surface area contributed by atoms with E-state index in [1.807, 2.05) is 66.4 Å². The smallest absolute Gasteiger partial charge is 0.254 e. The molecule has 0 saturated heterocycles. The summed E-state index contributed by atoms with van der Waals surface area (Å²) in [6.07, 6.45) is 0.816. The third-order valence-electron chi connectivity index (χ3n) is 5.82. The zero-order valence-corrected chi connectivity index (χ0v) is 18.0. The number of hydrogen-bond donors (Lipinski definition) is 0. The molecule has 0 aliphatic carbocycles. The first-order valence-corrected chi connectivity index (χ1v) is 10.8. The summed E-state index contributed by atoms with van der Waals surface area (Å²) < 4.78 is 22.8. The summed E-state index contributed by atoms with van der Waals surface area (Å²) in [6, 6.07) is 21.0. The summed E-state index contributed by atoms with van der Waals surface area (Å²) in [6.45, 7) is 3.80. The molecule has 164 valence electrons. The van der Waals surface area contributed by atoms with Crippen molar-refractivity contribution < 1.29 is 23.7 Å². The van der Waals surface area contributed by atoms with Crippen LogP contribution in [0.4, 0.5) is 0 Å². The lowest BCUT2D eigenvalue weighted by Crippen LogP contribution is -2.33. The van der Waals surface area contributed by atoms with Gasteiger partial charge in [-0.05, 0) is 36.8 Å². The molecule has 1 amide bonds. The second-order valence-corrected chi connectivity index (χ2v) is 7.88. The third-order valence-corrected chi connectivity index (χ3v) is 5.82. The van der Waals surface area contributed by atoms with Crippen molar-refractivity contribution in [2.45, 2.75) is 25.9 Å². The number of hydrogen-bond acceptors (Lipinski definition) is 5. The molecule has 1 unspecified atom stereocenters. The van der Waals surface area contributed by atoms with Gasteiger partial charge in [0.15, 0.2) is 23.0 Å². The van der Waals surface area contributed by atoms with Crippen molar-refractivity contribution in [3.05, 3.63) is 83.4 Å². The molecule has 0 saturated carbocycles. The molecule has 0 aromatic heterocycles. The van der Waals surface area contributed by atoms with Crippen LogP contribution in [0.15, 0.2) is 66.7 Å². The van der Waals surface area contributed by atoms with E-state index in [4.69, 9.17) is 18.9 Å². The van der Waals surface area contributed by atoms with Crippen molar-refractivity contribution >= 4 is 5.91 Å². The van der Waals surface area contributed by atoms with Crippen LogP contribution in [0, 0.1) is 0 Å². The number of rotatable bonds is 5. The maximum absolute atomic E-state index is 13.8. The van der Waals surface area contributed by atoms with Crippen molar-refractivity contribution in [1.29, 1.82) is 0 Å². The minimum Gasteiger partial charge on any atom is -0.490 e. The third kappa shape index (κ3) is 3.96. The average Bonchev–Trinajstić information content (AvgIpc) is 3.20. The lowest BCUT2D eigenvalue weighted by molar-refractivity contribution is 0.0671. The van der Waals surface area contributed by atoms with Crippen LogP contribution in [-0.4, -0.2) is 30.8 Å². The Morgan fingerprint density at radius 2 is 1.69 bits per heavy atom. The Hall–Kier alpha value is -3.67. The van der Waals surface area contributed by atoms with Gasteiger partial charge in [0.1, 0.15) is 0 Å². The van der Waals surface area contributed by atoms with Crippen LogP contribution < -0.4 is 18.9 Å². The predicted octanol–water partition coefficient (Wildman–Crippen LogP) is 4.98. The maximum atomic E-state index is 13.8. The highest BCUT2D eigenvalue weighted by atomic mass is 16.7. The van der Waals surface area contributed by atoms with Crippen molar-refractivity contribution in [3.63, 3.8) is 0 Å².